The predicted molar refractivity (Wildman–Crippen MR) is 128 cm³/mol. The number of aryl methyl sites for hydroxylation is 1. The van der Waals surface area contributed by atoms with Gasteiger partial charge >= 0.3 is 0 Å². The highest BCUT2D eigenvalue weighted by molar-refractivity contribution is 14.0. The molecular formula is C21H35IN4O2. The van der Waals surface area contributed by atoms with E-state index >= 15 is 0 Å². The number of fused-ring (bicyclic) bond motifs is 1. The molecule has 0 spiro atoms. The average Bonchev–Trinajstić information content (AvgIpc) is 3.10. The summed E-state index contributed by atoms with van der Waals surface area (Å²) in [5, 5.41) is 8.05. The summed E-state index contributed by atoms with van der Waals surface area (Å²) in [7, 11) is 1.68. The molecule has 0 saturated carbocycles. The molecule has 3 N–H and O–H groups in total. The summed E-state index contributed by atoms with van der Waals surface area (Å²) >= 11 is 0. The van der Waals surface area contributed by atoms with E-state index in [1.165, 1.54) is 22.0 Å². The maximum Gasteiger partial charge on any atom is 0.191 e. The molecule has 1 heterocycles. The average molecular weight is 502 g/mol. The number of nitrogens with zero attached hydrogens (tertiary/aromatic N) is 1. The molecule has 6 nitrogen and oxygen atoms in total. The lowest BCUT2D eigenvalue weighted by Crippen LogP contribution is -2.38. The first-order chi connectivity index (χ1) is 13.3. The number of benzene rings is 1. The van der Waals surface area contributed by atoms with E-state index in [0.717, 1.165) is 44.9 Å². The van der Waals surface area contributed by atoms with Crippen molar-refractivity contribution in [3.8, 4) is 0 Å². The van der Waals surface area contributed by atoms with Crippen molar-refractivity contribution in [1.82, 2.24) is 15.6 Å². The Labute approximate surface area is 185 Å². The first-order valence-corrected chi connectivity index (χ1v) is 9.96. The quantitative estimate of drug-likeness (QED) is 0.180. The van der Waals surface area contributed by atoms with Crippen molar-refractivity contribution in [2.45, 2.75) is 33.1 Å². The third-order valence-corrected chi connectivity index (χ3v) is 4.45. The first kappa shape index (κ1) is 24.7. The molecule has 0 amide bonds. The van der Waals surface area contributed by atoms with E-state index in [0.29, 0.717) is 19.8 Å². The van der Waals surface area contributed by atoms with Gasteiger partial charge in [-0.25, -0.2) is 0 Å². The number of guanidine groups is 1. The molecule has 0 atom stereocenters. The van der Waals surface area contributed by atoms with E-state index in [2.05, 4.69) is 58.9 Å². The van der Waals surface area contributed by atoms with Gasteiger partial charge in [0.2, 0.25) is 0 Å². The molecule has 2 rings (SSSR count). The summed E-state index contributed by atoms with van der Waals surface area (Å²) < 4.78 is 10.4. The van der Waals surface area contributed by atoms with Crippen LogP contribution in [0.3, 0.4) is 0 Å². The maximum absolute atomic E-state index is 5.47. The normalized spacial score (nSPS) is 11.5. The fourth-order valence-corrected chi connectivity index (χ4v) is 3.04. The fourth-order valence-electron chi connectivity index (χ4n) is 3.04. The van der Waals surface area contributed by atoms with E-state index in [9.17, 15) is 0 Å². The van der Waals surface area contributed by atoms with E-state index in [-0.39, 0.29) is 24.0 Å². The number of H-pyrrole nitrogens is 1. The van der Waals surface area contributed by atoms with Crippen LogP contribution in [-0.2, 0) is 22.3 Å². The molecule has 0 fully saturated rings. The van der Waals surface area contributed by atoms with Crippen LogP contribution in [0.2, 0.25) is 0 Å². The molecule has 0 saturated heterocycles. The summed E-state index contributed by atoms with van der Waals surface area (Å²) in [5.74, 6) is 0.864. The molecule has 0 aliphatic rings. The zero-order valence-electron chi connectivity index (χ0n) is 17.3. The van der Waals surface area contributed by atoms with Gasteiger partial charge in [0, 0.05) is 50.5 Å². The molecule has 0 radical (unpaired) electrons. The van der Waals surface area contributed by atoms with Gasteiger partial charge in [0.1, 0.15) is 0 Å². The van der Waals surface area contributed by atoms with E-state index in [1.807, 2.05) is 0 Å². The summed E-state index contributed by atoms with van der Waals surface area (Å²) in [5.41, 5.74) is 3.98. The second kappa shape index (κ2) is 14.6. The Bertz CT molecular complexity index is 703. The van der Waals surface area contributed by atoms with Gasteiger partial charge < -0.3 is 25.1 Å². The largest absolute Gasteiger partial charge is 0.382 e. The Kier molecular flexibility index (Phi) is 12.9. The van der Waals surface area contributed by atoms with Crippen LogP contribution >= 0.6 is 24.0 Å². The summed E-state index contributed by atoms with van der Waals surface area (Å²) in [6.45, 7) is 8.71. The molecule has 7 heteroatoms. The van der Waals surface area contributed by atoms with Gasteiger partial charge in [0.25, 0.3) is 0 Å². The van der Waals surface area contributed by atoms with Crippen molar-refractivity contribution in [3.63, 3.8) is 0 Å². The third-order valence-electron chi connectivity index (χ3n) is 4.45. The van der Waals surface area contributed by atoms with Crippen LogP contribution in [0.15, 0.2) is 29.4 Å². The lowest BCUT2D eigenvalue weighted by Gasteiger charge is -2.11. The summed E-state index contributed by atoms with van der Waals surface area (Å²) in [6, 6.07) is 6.53. The SMILES string of the molecule is CCNC(=NCCCOCCOC)NCCc1c[nH]c2c(CC)cccc12.I. The molecule has 28 heavy (non-hydrogen) atoms. The Morgan fingerprint density at radius 2 is 1.96 bits per heavy atom. The van der Waals surface area contributed by atoms with Gasteiger partial charge in [0.05, 0.1) is 13.2 Å². The number of nitrogens with one attached hydrogen (secondary N) is 3. The topological polar surface area (TPSA) is 70.7 Å². The van der Waals surface area contributed by atoms with Gasteiger partial charge in [0.15, 0.2) is 5.96 Å². The van der Waals surface area contributed by atoms with Crippen LogP contribution in [0.1, 0.15) is 31.4 Å². The smallest absolute Gasteiger partial charge is 0.191 e. The highest BCUT2D eigenvalue weighted by Crippen LogP contribution is 2.22. The van der Waals surface area contributed by atoms with Crippen LogP contribution in [0.4, 0.5) is 0 Å². The van der Waals surface area contributed by atoms with Gasteiger partial charge in [-0.3, -0.25) is 4.99 Å². The molecule has 0 aliphatic carbocycles. The number of rotatable bonds is 12. The van der Waals surface area contributed by atoms with Gasteiger partial charge in [-0.1, -0.05) is 25.1 Å². The molecule has 0 aliphatic heterocycles. The zero-order chi connectivity index (χ0) is 19.3. The highest BCUT2D eigenvalue weighted by atomic mass is 127. The number of aromatic nitrogens is 1. The minimum absolute atomic E-state index is 0. The second-order valence-electron chi connectivity index (χ2n) is 6.40. The van der Waals surface area contributed by atoms with Crippen LogP contribution in [0.25, 0.3) is 10.9 Å². The highest BCUT2D eigenvalue weighted by Gasteiger charge is 2.06. The van der Waals surface area contributed by atoms with Gasteiger partial charge in [-0.15, -0.1) is 24.0 Å². The lowest BCUT2D eigenvalue weighted by atomic mass is 10.1. The third kappa shape index (κ3) is 7.97. The van der Waals surface area contributed by atoms with Crippen LogP contribution in [0.5, 0.6) is 0 Å². The fraction of sp³-hybridized carbons (Fsp3) is 0.571. The number of hydrogen-bond acceptors (Lipinski definition) is 3. The maximum atomic E-state index is 5.47. The number of aliphatic imine (C=N–C) groups is 1. The van der Waals surface area contributed by atoms with Crippen molar-refractivity contribution >= 4 is 40.8 Å². The number of halogens is 1. The van der Waals surface area contributed by atoms with E-state index in [1.54, 1.807) is 7.11 Å². The number of hydrogen-bond donors (Lipinski definition) is 3. The van der Waals surface area contributed by atoms with Crippen LogP contribution < -0.4 is 10.6 Å². The summed E-state index contributed by atoms with van der Waals surface area (Å²) in [4.78, 5) is 8.05. The minimum atomic E-state index is 0. The number of ether oxygens (including phenoxy) is 2. The van der Waals surface area contributed by atoms with E-state index < -0.39 is 0 Å². The summed E-state index contributed by atoms with van der Waals surface area (Å²) in [6.07, 6.45) is 5.04. The van der Waals surface area contributed by atoms with Crippen LogP contribution in [0, 0.1) is 0 Å². The molecule has 0 unspecified atom stereocenters. The van der Waals surface area contributed by atoms with Crippen molar-refractivity contribution in [3.05, 3.63) is 35.5 Å². The number of methoxy groups -OCH3 is 1. The number of aromatic amines is 1. The van der Waals surface area contributed by atoms with Crippen molar-refractivity contribution in [2.75, 3.05) is 46.6 Å². The standard InChI is InChI=1S/C21H34N4O2.HI/c1-4-17-8-6-9-19-18(16-25-20(17)19)10-12-24-21(22-5-2)23-11-7-13-27-15-14-26-3;/h6,8-9,16,25H,4-5,7,10-15H2,1-3H3,(H2,22,23,24);1H. The lowest BCUT2D eigenvalue weighted by molar-refractivity contribution is 0.0702. The Morgan fingerprint density at radius 1 is 1.11 bits per heavy atom. The number of para-hydroxylation sites is 1. The Balaban J connectivity index is 0.00000392. The van der Waals surface area contributed by atoms with Crippen molar-refractivity contribution in [2.24, 2.45) is 4.99 Å². The van der Waals surface area contributed by atoms with E-state index in [4.69, 9.17) is 9.47 Å². The first-order valence-electron chi connectivity index (χ1n) is 9.96. The second-order valence-corrected chi connectivity index (χ2v) is 6.40. The monoisotopic (exact) mass is 502 g/mol. The molecule has 1 aromatic heterocycles. The molecular weight excluding hydrogens is 467 g/mol. The van der Waals surface area contributed by atoms with Crippen molar-refractivity contribution in [1.29, 1.82) is 0 Å². The molecule has 2 aromatic rings. The molecule has 158 valence electrons. The van der Waals surface area contributed by atoms with Crippen molar-refractivity contribution < 1.29 is 9.47 Å². The minimum Gasteiger partial charge on any atom is -0.382 e. The predicted octanol–water partition coefficient (Wildman–Crippen LogP) is 3.50. The van der Waals surface area contributed by atoms with Crippen LogP contribution in [-0.4, -0.2) is 57.5 Å². The zero-order valence-corrected chi connectivity index (χ0v) is 19.7. The van der Waals surface area contributed by atoms with Gasteiger partial charge in [-0.2, -0.15) is 0 Å². The Hall–Kier alpha value is -1.32. The van der Waals surface area contributed by atoms with Gasteiger partial charge in [-0.05, 0) is 37.3 Å². The Morgan fingerprint density at radius 3 is 2.71 bits per heavy atom. The molecule has 1 aromatic carbocycles. The molecule has 0 bridgehead atoms.